The monoisotopic (exact) mass is 504 g/mol. The molecule has 0 atom stereocenters. The Bertz CT molecular complexity index is 580. The fourth-order valence-corrected chi connectivity index (χ4v) is 8.93. The second-order valence-corrected chi connectivity index (χ2v) is 11.7. The number of carbonyl (C=O) groups excluding carboxylic acids is 1. The molecule has 0 aromatic carbocycles. The van der Waals surface area contributed by atoms with Crippen LogP contribution in [0.25, 0.3) is 0 Å². The quantitative estimate of drug-likeness (QED) is 0.104. The molecule has 3 fully saturated rings. The molecule has 3 N–H and O–H groups in total. The summed E-state index contributed by atoms with van der Waals surface area (Å²) >= 11 is -1.42. The number of hydrogen-bond acceptors (Lipinski definition) is 5. The van der Waals surface area contributed by atoms with Gasteiger partial charge >= 0.3 is 153 Å². The van der Waals surface area contributed by atoms with E-state index in [2.05, 4.69) is 7.06 Å². The van der Waals surface area contributed by atoms with E-state index in [4.69, 9.17) is 4.74 Å². The van der Waals surface area contributed by atoms with Crippen molar-refractivity contribution in [2.24, 2.45) is 11.3 Å². The van der Waals surface area contributed by atoms with Crippen LogP contribution in [0.4, 0.5) is 26.3 Å². The van der Waals surface area contributed by atoms with Gasteiger partial charge in [0.15, 0.2) is 0 Å². The summed E-state index contributed by atoms with van der Waals surface area (Å²) in [5, 5.41) is 9.46. The van der Waals surface area contributed by atoms with E-state index in [1.165, 1.54) is 0 Å². The van der Waals surface area contributed by atoms with E-state index in [0.29, 0.717) is 0 Å². The van der Waals surface area contributed by atoms with Crippen LogP contribution in [0, 0.1) is 11.3 Å². The molecule has 0 unspecified atom stereocenters. The maximum atomic E-state index is 12.9. The van der Waals surface area contributed by atoms with E-state index in [0.717, 1.165) is 0 Å². The normalized spacial score (nSPS) is 29.8. The third kappa shape index (κ3) is 2.91. The number of esters is 1. The van der Waals surface area contributed by atoms with Gasteiger partial charge in [-0.3, -0.25) is 0 Å². The number of nitrogens with one attached hydrogen (secondary N) is 2. The molecular formula is C14H19F6IN2O3. The molecule has 0 aromatic rings. The fraction of sp³-hybridized carbons (Fsp3) is 0.929. The molecule has 3 aliphatic rings. The van der Waals surface area contributed by atoms with E-state index in [1.807, 2.05) is 0 Å². The van der Waals surface area contributed by atoms with Crippen molar-refractivity contribution in [3.05, 3.63) is 0 Å². The van der Waals surface area contributed by atoms with Gasteiger partial charge in [0.05, 0.1) is 0 Å². The SMILES string of the molecule is CC(C)(C(=O)OC1CCC(C(O)(C(F)(F)F)C(F)(F)F)CC1)C12NI1N2. The zero-order valence-electron chi connectivity index (χ0n) is 13.9. The van der Waals surface area contributed by atoms with E-state index in [9.17, 15) is 36.2 Å². The Balaban J connectivity index is 1.61. The van der Waals surface area contributed by atoms with Crippen molar-refractivity contribution < 1.29 is 41.0 Å². The van der Waals surface area contributed by atoms with Crippen LogP contribution in [0.1, 0.15) is 39.5 Å². The maximum absolute atomic E-state index is 12.9. The zero-order chi connectivity index (χ0) is 19.8. The van der Waals surface area contributed by atoms with Crippen LogP contribution in [0.2, 0.25) is 0 Å². The van der Waals surface area contributed by atoms with Gasteiger partial charge in [0, 0.05) is 0 Å². The summed E-state index contributed by atoms with van der Waals surface area (Å²) in [7, 11) is 0. The molecule has 0 bridgehead atoms. The zero-order valence-corrected chi connectivity index (χ0v) is 16.1. The van der Waals surface area contributed by atoms with Gasteiger partial charge in [0.25, 0.3) is 0 Å². The Kier molecular flexibility index (Phi) is 4.57. The molecule has 2 saturated heterocycles. The van der Waals surface area contributed by atoms with Gasteiger partial charge in [-0.1, -0.05) is 0 Å². The van der Waals surface area contributed by atoms with Crippen molar-refractivity contribution in [1.29, 1.82) is 0 Å². The second-order valence-electron chi connectivity index (χ2n) is 7.40. The minimum absolute atomic E-state index is 0.156. The first-order valence-corrected chi connectivity index (χ1v) is 11.2. The van der Waals surface area contributed by atoms with Crippen LogP contribution in [0.3, 0.4) is 0 Å². The van der Waals surface area contributed by atoms with Gasteiger partial charge in [-0.05, 0) is 0 Å². The predicted molar refractivity (Wildman–Crippen MR) is 85.7 cm³/mol. The number of halogens is 7. The number of ether oxygens (including phenoxy) is 1. The number of carbonyl (C=O) groups is 1. The van der Waals surface area contributed by atoms with E-state index >= 15 is 0 Å². The van der Waals surface area contributed by atoms with E-state index in [1.54, 1.807) is 13.8 Å². The predicted octanol–water partition coefficient (Wildman–Crippen LogP) is 3.17. The Morgan fingerprint density at radius 1 is 1.04 bits per heavy atom. The second kappa shape index (κ2) is 5.83. The summed E-state index contributed by atoms with van der Waals surface area (Å²) in [6.45, 7) is 3.38. The molecule has 12 heteroatoms. The average molecular weight is 504 g/mol. The fourth-order valence-electron chi connectivity index (χ4n) is 3.36. The van der Waals surface area contributed by atoms with Gasteiger partial charge in [0.2, 0.25) is 0 Å². The van der Waals surface area contributed by atoms with E-state index < -0.39 is 74.6 Å². The van der Waals surface area contributed by atoms with Crippen LogP contribution in [-0.4, -0.2) is 38.8 Å². The first-order chi connectivity index (χ1) is 11.7. The van der Waals surface area contributed by atoms with Gasteiger partial charge < -0.3 is 0 Å². The summed E-state index contributed by atoms with van der Waals surface area (Å²) in [6.07, 6.45) is -13.8. The molecule has 3 rings (SSSR count). The molecule has 5 nitrogen and oxygen atoms in total. The first-order valence-electron chi connectivity index (χ1n) is 7.99. The third-order valence-electron chi connectivity index (χ3n) is 5.44. The van der Waals surface area contributed by atoms with Crippen molar-refractivity contribution in [2.45, 2.75) is 67.3 Å². The van der Waals surface area contributed by atoms with Gasteiger partial charge in [-0.25, -0.2) is 0 Å². The summed E-state index contributed by atoms with van der Waals surface area (Å²) < 4.78 is 88.9. The molecule has 0 aromatic heterocycles. The molecule has 0 spiro atoms. The Morgan fingerprint density at radius 2 is 1.46 bits per heavy atom. The third-order valence-corrected chi connectivity index (χ3v) is 10.6. The van der Waals surface area contributed by atoms with Crippen LogP contribution in [-0.2, 0) is 9.53 Å². The van der Waals surface area contributed by atoms with Crippen molar-refractivity contribution in [2.75, 3.05) is 0 Å². The Labute approximate surface area is 153 Å². The van der Waals surface area contributed by atoms with Gasteiger partial charge in [-0.2, -0.15) is 0 Å². The number of alkyl halides is 7. The summed E-state index contributed by atoms with van der Waals surface area (Å²) in [4.78, 5) is 12.4. The van der Waals surface area contributed by atoms with Crippen LogP contribution < -0.4 is 7.06 Å². The molecular weight excluding hydrogens is 485 g/mol. The topological polar surface area (TPSA) is 90.4 Å². The minimum atomic E-state index is -5.82. The molecule has 2 heterocycles. The molecule has 1 aliphatic carbocycles. The molecule has 0 radical (unpaired) electrons. The average Bonchev–Trinajstić information content (AvgIpc) is 3.34. The van der Waals surface area contributed by atoms with E-state index in [-0.39, 0.29) is 16.5 Å². The molecule has 152 valence electrons. The standard InChI is InChI=1S/C14H19F6IN2O3/c1-10(2,14-21(22-14)23-14)9(24)26-8-5-3-7(4-6-8)11(25,12(15,16)17)13(18,19)20/h7-8,22-23,25H,3-6H2,1-2H3. The molecule has 26 heavy (non-hydrogen) atoms. The van der Waals surface area contributed by atoms with Gasteiger partial charge in [0.1, 0.15) is 0 Å². The van der Waals surface area contributed by atoms with Crippen molar-refractivity contribution in [1.82, 2.24) is 7.06 Å². The summed E-state index contributed by atoms with van der Waals surface area (Å²) in [5.74, 6) is -2.54. The van der Waals surface area contributed by atoms with Crippen molar-refractivity contribution in [3.63, 3.8) is 0 Å². The number of aliphatic hydroxyl groups is 1. The van der Waals surface area contributed by atoms with Crippen molar-refractivity contribution >= 4 is 26.3 Å². The van der Waals surface area contributed by atoms with Crippen LogP contribution >= 0.6 is 20.4 Å². The first kappa shape index (κ1) is 20.4. The van der Waals surface area contributed by atoms with Crippen LogP contribution in [0.5, 0.6) is 0 Å². The molecule has 2 aliphatic heterocycles. The van der Waals surface area contributed by atoms with Crippen LogP contribution in [0.15, 0.2) is 0 Å². The number of rotatable bonds is 4. The Hall–Kier alpha value is -0.340. The van der Waals surface area contributed by atoms with Crippen molar-refractivity contribution in [3.8, 4) is 0 Å². The summed E-state index contributed by atoms with van der Waals surface area (Å²) in [6, 6.07) is 0. The number of fused-ring (bicyclic) bond motifs is 1. The Morgan fingerprint density at radius 3 is 1.81 bits per heavy atom. The number of hydrogen-bond donors (Lipinski definition) is 3. The van der Waals surface area contributed by atoms with Gasteiger partial charge in [-0.15, -0.1) is 0 Å². The molecule has 1 saturated carbocycles. The molecule has 0 amide bonds. The summed E-state index contributed by atoms with van der Waals surface area (Å²) in [5.41, 5.74) is -5.59.